The van der Waals surface area contributed by atoms with Gasteiger partial charge in [0, 0.05) is 13.6 Å². The summed E-state index contributed by atoms with van der Waals surface area (Å²) in [5.41, 5.74) is 5.32. The van der Waals surface area contributed by atoms with Crippen LogP contribution in [0.2, 0.25) is 0 Å². The molecule has 0 saturated carbocycles. The van der Waals surface area contributed by atoms with Gasteiger partial charge in [-0.05, 0) is 13.3 Å². The van der Waals surface area contributed by atoms with Gasteiger partial charge < -0.3 is 21.2 Å². The summed E-state index contributed by atoms with van der Waals surface area (Å²) in [5, 5.41) is 13.9. The fraction of sp³-hybridized carbons (Fsp3) is 0.700. The molecule has 0 rings (SSSR count). The van der Waals surface area contributed by atoms with Crippen LogP contribution in [0.5, 0.6) is 0 Å². The number of amidine groups is 1. The van der Waals surface area contributed by atoms with E-state index in [4.69, 9.17) is 10.9 Å². The molecule has 0 heterocycles. The van der Waals surface area contributed by atoms with E-state index in [0.29, 0.717) is 6.54 Å². The molecule has 0 radical (unpaired) electrons. The molecule has 2 amide bonds. The third-order valence-corrected chi connectivity index (χ3v) is 2.26. The van der Waals surface area contributed by atoms with Crippen molar-refractivity contribution >= 4 is 17.6 Å². The molecule has 7 heteroatoms. The highest BCUT2D eigenvalue weighted by Crippen LogP contribution is 2.00. The van der Waals surface area contributed by atoms with Gasteiger partial charge in [-0.25, -0.2) is 0 Å². The summed E-state index contributed by atoms with van der Waals surface area (Å²) in [6.07, 6.45) is 0.837. The minimum absolute atomic E-state index is 0.0398. The first-order chi connectivity index (χ1) is 7.93. The second-order valence-corrected chi connectivity index (χ2v) is 3.79. The Balaban J connectivity index is 4.27. The second-order valence-electron chi connectivity index (χ2n) is 3.79. The fourth-order valence-electron chi connectivity index (χ4n) is 1.16. The Morgan fingerprint density at radius 3 is 2.59 bits per heavy atom. The summed E-state index contributed by atoms with van der Waals surface area (Å²) in [7, 11) is 1.50. The minimum Gasteiger partial charge on any atom is -0.409 e. The van der Waals surface area contributed by atoms with Gasteiger partial charge in [0.05, 0.1) is 12.5 Å². The van der Waals surface area contributed by atoms with Gasteiger partial charge in [0.15, 0.2) is 5.84 Å². The average Bonchev–Trinajstić information content (AvgIpc) is 2.33. The molecule has 0 aliphatic carbocycles. The van der Waals surface area contributed by atoms with Crippen molar-refractivity contribution in [1.29, 1.82) is 0 Å². The summed E-state index contributed by atoms with van der Waals surface area (Å²) < 4.78 is 0. The Hall–Kier alpha value is -1.79. The summed E-state index contributed by atoms with van der Waals surface area (Å²) in [6.45, 7) is 3.99. The smallest absolute Gasteiger partial charge is 0.239 e. The highest BCUT2D eigenvalue weighted by atomic mass is 16.4. The molecule has 4 N–H and O–H groups in total. The molecule has 0 saturated heterocycles. The first-order valence-electron chi connectivity index (χ1n) is 5.43. The lowest BCUT2D eigenvalue weighted by Gasteiger charge is -2.20. The van der Waals surface area contributed by atoms with Crippen LogP contribution in [0.3, 0.4) is 0 Å². The molecular weight excluding hydrogens is 224 g/mol. The molecule has 0 fully saturated rings. The Kier molecular flexibility index (Phi) is 6.69. The number of hydrogen-bond donors (Lipinski definition) is 3. The largest absolute Gasteiger partial charge is 0.409 e. The van der Waals surface area contributed by atoms with E-state index < -0.39 is 5.92 Å². The highest BCUT2D eigenvalue weighted by Gasteiger charge is 2.22. The molecule has 17 heavy (non-hydrogen) atoms. The van der Waals surface area contributed by atoms with Gasteiger partial charge in [0.2, 0.25) is 11.8 Å². The maximum Gasteiger partial charge on any atom is 0.239 e. The van der Waals surface area contributed by atoms with Crippen molar-refractivity contribution in [2.24, 2.45) is 16.8 Å². The van der Waals surface area contributed by atoms with Crippen molar-refractivity contribution in [3.8, 4) is 0 Å². The van der Waals surface area contributed by atoms with Crippen molar-refractivity contribution in [2.45, 2.75) is 20.3 Å². The quantitative estimate of drug-likeness (QED) is 0.250. The molecule has 0 aliphatic rings. The Bertz CT molecular complexity index is 304. The van der Waals surface area contributed by atoms with Crippen LogP contribution in [0, 0.1) is 5.92 Å². The van der Waals surface area contributed by atoms with Crippen molar-refractivity contribution in [2.75, 3.05) is 20.1 Å². The number of nitrogens with zero attached hydrogens (tertiary/aromatic N) is 2. The number of amides is 2. The van der Waals surface area contributed by atoms with Crippen LogP contribution in [-0.4, -0.2) is 47.9 Å². The Morgan fingerprint density at radius 1 is 1.53 bits per heavy atom. The second kappa shape index (κ2) is 7.48. The van der Waals surface area contributed by atoms with Crippen molar-refractivity contribution in [3.05, 3.63) is 0 Å². The molecule has 0 aromatic heterocycles. The number of nitrogens with one attached hydrogen (secondary N) is 1. The van der Waals surface area contributed by atoms with E-state index in [9.17, 15) is 9.59 Å². The van der Waals surface area contributed by atoms with Gasteiger partial charge in [-0.1, -0.05) is 12.1 Å². The molecule has 0 aromatic rings. The lowest BCUT2D eigenvalue weighted by Crippen LogP contribution is -2.43. The van der Waals surface area contributed by atoms with E-state index in [1.165, 1.54) is 18.9 Å². The van der Waals surface area contributed by atoms with Crippen molar-refractivity contribution in [1.82, 2.24) is 10.2 Å². The SMILES string of the molecule is CCCNC(=O)CN(C)C(=O)C(C)C(N)=NO. The zero-order valence-corrected chi connectivity index (χ0v) is 10.4. The van der Waals surface area contributed by atoms with Gasteiger partial charge in [-0.3, -0.25) is 9.59 Å². The van der Waals surface area contributed by atoms with Gasteiger partial charge in [-0.2, -0.15) is 0 Å². The zero-order valence-electron chi connectivity index (χ0n) is 10.4. The lowest BCUT2D eigenvalue weighted by atomic mass is 10.1. The van der Waals surface area contributed by atoms with E-state index in [-0.39, 0.29) is 24.2 Å². The van der Waals surface area contributed by atoms with Crippen LogP contribution in [0.1, 0.15) is 20.3 Å². The predicted molar refractivity (Wildman–Crippen MR) is 63.5 cm³/mol. The van der Waals surface area contributed by atoms with Gasteiger partial charge >= 0.3 is 0 Å². The highest BCUT2D eigenvalue weighted by molar-refractivity contribution is 6.02. The standard InChI is InChI=1S/C10H20N4O3/c1-4-5-12-8(15)6-14(3)10(16)7(2)9(11)13-17/h7,17H,4-6H2,1-3H3,(H2,11,13)(H,12,15). The van der Waals surface area contributed by atoms with E-state index >= 15 is 0 Å². The number of hydrogen-bond acceptors (Lipinski definition) is 4. The minimum atomic E-state index is -0.746. The molecule has 1 unspecified atom stereocenters. The number of likely N-dealkylation sites (N-methyl/N-ethyl adjacent to an activating group) is 1. The lowest BCUT2D eigenvalue weighted by molar-refractivity contribution is -0.136. The van der Waals surface area contributed by atoms with Crippen molar-refractivity contribution in [3.63, 3.8) is 0 Å². The fourth-order valence-corrected chi connectivity index (χ4v) is 1.16. The van der Waals surface area contributed by atoms with Crippen LogP contribution >= 0.6 is 0 Å². The number of carbonyl (C=O) groups excluding carboxylic acids is 2. The maximum atomic E-state index is 11.7. The normalized spacial score (nSPS) is 13.0. The van der Waals surface area contributed by atoms with Gasteiger partial charge in [0.25, 0.3) is 0 Å². The van der Waals surface area contributed by atoms with Crippen LogP contribution in [0.4, 0.5) is 0 Å². The Morgan fingerprint density at radius 2 is 2.12 bits per heavy atom. The molecule has 7 nitrogen and oxygen atoms in total. The van der Waals surface area contributed by atoms with Gasteiger partial charge in [-0.15, -0.1) is 0 Å². The third-order valence-electron chi connectivity index (χ3n) is 2.26. The molecule has 0 spiro atoms. The summed E-state index contributed by atoms with van der Waals surface area (Å²) in [4.78, 5) is 24.3. The first-order valence-corrected chi connectivity index (χ1v) is 5.43. The van der Waals surface area contributed by atoms with E-state index in [1.54, 1.807) is 0 Å². The van der Waals surface area contributed by atoms with Crippen LogP contribution < -0.4 is 11.1 Å². The van der Waals surface area contributed by atoms with Gasteiger partial charge in [0.1, 0.15) is 0 Å². The first kappa shape index (κ1) is 15.2. The summed E-state index contributed by atoms with van der Waals surface area (Å²) in [5.74, 6) is -1.51. The zero-order chi connectivity index (χ0) is 13.4. The molecule has 0 aliphatic heterocycles. The molecule has 1 atom stereocenters. The summed E-state index contributed by atoms with van der Waals surface area (Å²) >= 11 is 0. The van der Waals surface area contributed by atoms with Crippen LogP contribution in [0.25, 0.3) is 0 Å². The maximum absolute atomic E-state index is 11.7. The number of nitrogens with two attached hydrogens (primary N) is 1. The van der Waals surface area contributed by atoms with Crippen LogP contribution in [-0.2, 0) is 9.59 Å². The topological polar surface area (TPSA) is 108 Å². The number of oxime groups is 1. The van der Waals surface area contributed by atoms with E-state index in [1.807, 2.05) is 6.92 Å². The molecular formula is C10H20N4O3. The van der Waals surface area contributed by atoms with E-state index in [2.05, 4.69) is 10.5 Å². The molecule has 98 valence electrons. The van der Waals surface area contributed by atoms with Crippen molar-refractivity contribution < 1.29 is 14.8 Å². The monoisotopic (exact) mass is 244 g/mol. The number of carbonyl (C=O) groups is 2. The molecule has 0 bridgehead atoms. The summed E-state index contributed by atoms with van der Waals surface area (Å²) in [6, 6.07) is 0. The third kappa shape index (κ3) is 5.19. The predicted octanol–water partition coefficient (Wildman–Crippen LogP) is -0.646. The number of rotatable bonds is 6. The molecule has 0 aromatic carbocycles. The van der Waals surface area contributed by atoms with E-state index in [0.717, 1.165) is 6.42 Å². The van der Waals surface area contributed by atoms with Crippen LogP contribution in [0.15, 0.2) is 5.16 Å². The average molecular weight is 244 g/mol. The Labute approximate surface area is 101 Å².